The minimum Gasteiger partial charge on any atom is -0.467 e. The van der Waals surface area contributed by atoms with E-state index in [0.717, 1.165) is 5.56 Å². The van der Waals surface area contributed by atoms with Crippen LogP contribution in [0.4, 0.5) is 4.39 Å². The van der Waals surface area contributed by atoms with Crippen LogP contribution in [0.25, 0.3) is 0 Å². The van der Waals surface area contributed by atoms with Gasteiger partial charge in [0.15, 0.2) is 0 Å². The summed E-state index contributed by atoms with van der Waals surface area (Å²) in [6.45, 7) is 4.02. The molecule has 1 aromatic carbocycles. The van der Waals surface area contributed by atoms with Crippen molar-refractivity contribution in [1.29, 1.82) is 0 Å². The van der Waals surface area contributed by atoms with Crippen LogP contribution in [0.1, 0.15) is 43.7 Å². The Bertz CT molecular complexity index is 510. The number of aliphatic hydroxyl groups excluding tert-OH is 1. The molecule has 0 radical (unpaired) electrons. The maximum atomic E-state index is 12.9. The van der Waals surface area contributed by atoms with Crippen LogP contribution in [-0.4, -0.2) is 11.1 Å². The smallest absolute Gasteiger partial charge is 0.132 e. The molecule has 2 aromatic rings. The molecular weight excluding hydrogens is 257 g/mol. The fourth-order valence-corrected chi connectivity index (χ4v) is 2.27. The van der Waals surface area contributed by atoms with Crippen LogP contribution in [0.3, 0.4) is 0 Å². The Hall–Kier alpha value is -1.65. The topological polar surface area (TPSA) is 45.4 Å². The van der Waals surface area contributed by atoms with Crippen LogP contribution >= 0.6 is 0 Å². The Morgan fingerprint density at radius 3 is 2.50 bits per heavy atom. The molecule has 3 atom stereocenters. The quantitative estimate of drug-likeness (QED) is 0.848. The second-order valence-electron chi connectivity index (χ2n) is 5.11. The van der Waals surface area contributed by atoms with E-state index in [2.05, 4.69) is 5.32 Å². The SMILES string of the molecule is CC(CC(O)c1ccco1)NC(C)c1ccc(F)cc1. The van der Waals surface area contributed by atoms with Crippen LogP contribution in [0.2, 0.25) is 0 Å². The van der Waals surface area contributed by atoms with E-state index in [0.29, 0.717) is 12.2 Å². The lowest BCUT2D eigenvalue weighted by Crippen LogP contribution is -2.30. The van der Waals surface area contributed by atoms with Gasteiger partial charge in [0, 0.05) is 12.1 Å². The van der Waals surface area contributed by atoms with Gasteiger partial charge in [0.2, 0.25) is 0 Å². The number of benzene rings is 1. The third-order valence-electron chi connectivity index (χ3n) is 3.35. The highest BCUT2D eigenvalue weighted by atomic mass is 19.1. The minimum atomic E-state index is -0.618. The van der Waals surface area contributed by atoms with Crippen molar-refractivity contribution in [2.75, 3.05) is 0 Å². The van der Waals surface area contributed by atoms with E-state index in [1.54, 1.807) is 30.5 Å². The molecule has 4 heteroatoms. The molecule has 3 nitrogen and oxygen atoms in total. The van der Waals surface area contributed by atoms with Gasteiger partial charge in [-0.05, 0) is 50.1 Å². The van der Waals surface area contributed by atoms with Crippen molar-refractivity contribution in [3.63, 3.8) is 0 Å². The second-order valence-corrected chi connectivity index (χ2v) is 5.11. The summed E-state index contributed by atoms with van der Waals surface area (Å²) in [5.41, 5.74) is 1.02. The number of hydrogen-bond donors (Lipinski definition) is 2. The fourth-order valence-electron chi connectivity index (χ4n) is 2.27. The first kappa shape index (κ1) is 14.8. The van der Waals surface area contributed by atoms with Crippen LogP contribution in [-0.2, 0) is 0 Å². The third-order valence-corrected chi connectivity index (χ3v) is 3.35. The molecule has 0 amide bonds. The number of furan rings is 1. The Morgan fingerprint density at radius 2 is 1.90 bits per heavy atom. The highest BCUT2D eigenvalue weighted by Gasteiger charge is 2.16. The lowest BCUT2D eigenvalue weighted by molar-refractivity contribution is 0.127. The molecular formula is C16H20FNO2. The monoisotopic (exact) mass is 277 g/mol. The minimum absolute atomic E-state index is 0.0920. The molecule has 0 saturated heterocycles. The van der Waals surface area contributed by atoms with Crippen LogP contribution in [0, 0.1) is 5.82 Å². The number of hydrogen-bond acceptors (Lipinski definition) is 3. The van der Waals surface area contributed by atoms with Gasteiger partial charge in [-0.1, -0.05) is 12.1 Å². The largest absolute Gasteiger partial charge is 0.467 e. The number of rotatable bonds is 6. The normalized spacial score (nSPS) is 15.8. The van der Waals surface area contributed by atoms with Crippen LogP contribution < -0.4 is 5.32 Å². The average molecular weight is 277 g/mol. The van der Waals surface area contributed by atoms with Gasteiger partial charge < -0.3 is 14.8 Å². The molecule has 1 aromatic heterocycles. The Labute approximate surface area is 118 Å². The van der Waals surface area contributed by atoms with E-state index in [-0.39, 0.29) is 17.9 Å². The molecule has 2 N–H and O–H groups in total. The van der Waals surface area contributed by atoms with Gasteiger partial charge in [-0.3, -0.25) is 0 Å². The van der Waals surface area contributed by atoms with Gasteiger partial charge in [0.05, 0.1) is 6.26 Å². The lowest BCUT2D eigenvalue weighted by Gasteiger charge is -2.22. The molecule has 0 saturated carbocycles. The number of aliphatic hydroxyl groups is 1. The Kier molecular flexibility index (Phi) is 4.93. The standard InChI is InChI=1S/C16H20FNO2/c1-11(10-15(19)16-4-3-9-20-16)18-12(2)13-5-7-14(17)8-6-13/h3-9,11-12,15,18-19H,10H2,1-2H3. The van der Waals surface area contributed by atoms with E-state index in [1.807, 2.05) is 13.8 Å². The molecule has 0 aliphatic carbocycles. The molecule has 0 bridgehead atoms. The number of halogens is 1. The summed E-state index contributed by atoms with van der Waals surface area (Å²) >= 11 is 0. The van der Waals surface area contributed by atoms with Crippen molar-refractivity contribution in [2.24, 2.45) is 0 Å². The summed E-state index contributed by atoms with van der Waals surface area (Å²) in [7, 11) is 0. The summed E-state index contributed by atoms with van der Waals surface area (Å²) < 4.78 is 18.1. The van der Waals surface area contributed by atoms with Crippen molar-refractivity contribution in [1.82, 2.24) is 5.32 Å². The first-order chi connectivity index (χ1) is 9.56. The molecule has 2 rings (SSSR count). The maximum absolute atomic E-state index is 12.9. The first-order valence-electron chi connectivity index (χ1n) is 6.79. The van der Waals surface area contributed by atoms with E-state index < -0.39 is 6.10 Å². The first-order valence-corrected chi connectivity index (χ1v) is 6.79. The predicted molar refractivity (Wildman–Crippen MR) is 75.7 cm³/mol. The van der Waals surface area contributed by atoms with Gasteiger partial charge >= 0.3 is 0 Å². The van der Waals surface area contributed by atoms with Gasteiger partial charge in [0.25, 0.3) is 0 Å². The molecule has 0 spiro atoms. The molecule has 108 valence electrons. The molecule has 1 heterocycles. The molecule has 3 unspecified atom stereocenters. The van der Waals surface area contributed by atoms with E-state index in [1.165, 1.54) is 12.1 Å². The van der Waals surface area contributed by atoms with Gasteiger partial charge in [-0.25, -0.2) is 4.39 Å². The zero-order valence-corrected chi connectivity index (χ0v) is 11.7. The van der Waals surface area contributed by atoms with E-state index >= 15 is 0 Å². The van der Waals surface area contributed by atoms with E-state index in [9.17, 15) is 9.50 Å². The van der Waals surface area contributed by atoms with Crippen molar-refractivity contribution >= 4 is 0 Å². The lowest BCUT2D eigenvalue weighted by atomic mass is 10.0. The Morgan fingerprint density at radius 1 is 1.20 bits per heavy atom. The summed E-state index contributed by atoms with van der Waals surface area (Å²) in [6, 6.07) is 10.2. The average Bonchev–Trinajstić information content (AvgIpc) is 2.93. The summed E-state index contributed by atoms with van der Waals surface area (Å²) in [6.07, 6.45) is 1.49. The molecule has 20 heavy (non-hydrogen) atoms. The van der Waals surface area contributed by atoms with Gasteiger partial charge in [0.1, 0.15) is 17.7 Å². The number of nitrogens with one attached hydrogen (secondary N) is 1. The van der Waals surface area contributed by atoms with Gasteiger partial charge in [-0.2, -0.15) is 0 Å². The molecule has 0 aliphatic heterocycles. The highest BCUT2D eigenvalue weighted by Crippen LogP contribution is 2.20. The second kappa shape index (κ2) is 6.68. The highest BCUT2D eigenvalue weighted by molar-refractivity contribution is 5.19. The summed E-state index contributed by atoms with van der Waals surface area (Å²) in [5.74, 6) is 0.343. The van der Waals surface area contributed by atoms with E-state index in [4.69, 9.17) is 4.42 Å². The van der Waals surface area contributed by atoms with Crippen molar-refractivity contribution in [2.45, 2.75) is 38.5 Å². The summed E-state index contributed by atoms with van der Waals surface area (Å²) in [4.78, 5) is 0. The molecule has 0 fully saturated rings. The van der Waals surface area contributed by atoms with Crippen molar-refractivity contribution < 1.29 is 13.9 Å². The predicted octanol–water partition coefficient (Wildman–Crippen LogP) is 3.58. The van der Waals surface area contributed by atoms with Crippen molar-refractivity contribution in [3.05, 3.63) is 59.8 Å². The zero-order chi connectivity index (χ0) is 14.5. The molecule has 0 aliphatic rings. The van der Waals surface area contributed by atoms with Crippen LogP contribution in [0.5, 0.6) is 0 Å². The maximum Gasteiger partial charge on any atom is 0.132 e. The third kappa shape index (κ3) is 3.92. The zero-order valence-electron chi connectivity index (χ0n) is 11.7. The fraction of sp³-hybridized carbons (Fsp3) is 0.375. The van der Waals surface area contributed by atoms with Gasteiger partial charge in [-0.15, -0.1) is 0 Å². The van der Waals surface area contributed by atoms with Crippen LogP contribution in [0.15, 0.2) is 47.1 Å². The Balaban J connectivity index is 1.87. The van der Waals surface area contributed by atoms with Crippen molar-refractivity contribution in [3.8, 4) is 0 Å². The summed E-state index contributed by atoms with van der Waals surface area (Å²) in [5, 5.41) is 13.4.